The number of carbonyl (C=O) groups excluding carboxylic acids is 1. The fourth-order valence-corrected chi connectivity index (χ4v) is 2.28. The molecular formula is C12H22N2O3. The molecule has 17 heavy (non-hydrogen) atoms. The Kier molecular flexibility index (Phi) is 4.76. The van der Waals surface area contributed by atoms with Crippen molar-refractivity contribution in [1.82, 2.24) is 10.6 Å². The molecule has 0 spiro atoms. The molecule has 1 saturated carbocycles. The van der Waals surface area contributed by atoms with E-state index in [2.05, 4.69) is 10.6 Å². The molecule has 0 aromatic heterocycles. The average Bonchev–Trinajstić information content (AvgIpc) is 2.28. The normalized spacial score (nSPS) is 29.7. The summed E-state index contributed by atoms with van der Waals surface area (Å²) in [5.41, 5.74) is 0. The molecule has 2 aliphatic rings. The Balaban J connectivity index is 1.55. The molecule has 1 aliphatic carbocycles. The standard InChI is InChI=1S/C12H22N2O3/c1-16-11-6-10(7-11)13-8-12(15)14-9-2-4-17-5-3-9/h9-11,13H,2-8H2,1H3,(H,14,15). The molecular weight excluding hydrogens is 220 g/mol. The molecule has 0 unspecified atom stereocenters. The van der Waals surface area contributed by atoms with Crippen molar-refractivity contribution in [3.05, 3.63) is 0 Å². The first-order chi connectivity index (χ1) is 8.28. The molecule has 5 heteroatoms. The van der Waals surface area contributed by atoms with Crippen molar-refractivity contribution in [2.24, 2.45) is 0 Å². The third-order valence-corrected chi connectivity index (χ3v) is 3.57. The van der Waals surface area contributed by atoms with Crippen LogP contribution in [-0.4, -0.2) is 51.0 Å². The maximum Gasteiger partial charge on any atom is 0.234 e. The van der Waals surface area contributed by atoms with Crippen molar-refractivity contribution in [3.8, 4) is 0 Å². The van der Waals surface area contributed by atoms with Crippen molar-refractivity contribution in [1.29, 1.82) is 0 Å². The van der Waals surface area contributed by atoms with Crippen LogP contribution in [0.2, 0.25) is 0 Å². The topological polar surface area (TPSA) is 59.6 Å². The van der Waals surface area contributed by atoms with Crippen LogP contribution < -0.4 is 10.6 Å². The first kappa shape index (κ1) is 12.8. The lowest BCUT2D eigenvalue weighted by Gasteiger charge is -2.34. The lowest BCUT2D eigenvalue weighted by molar-refractivity contribution is -0.122. The highest BCUT2D eigenvalue weighted by Gasteiger charge is 2.28. The van der Waals surface area contributed by atoms with Gasteiger partial charge in [0.15, 0.2) is 0 Å². The van der Waals surface area contributed by atoms with Gasteiger partial charge in [0.2, 0.25) is 5.91 Å². The van der Waals surface area contributed by atoms with Crippen molar-refractivity contribution < 1.29 is 14.3 Å². The molecule has 0 radical (unpaired) electrons. The second-order valence-corrected chi connectivity index (χ2v) is 4.86. The van der Waals surface area contributed by atoms with Gasteiger partial charge in [-0.1, -0.05) is 0 Å². The molecule has 1 amide bonds. The van der Waals surface area contributed by atoms with E-state index < -0.39 is 0 Å². The van der Waals surface area contributed by atoms with Gasteiger partial charge in [0.25, 0.3) is 0 Å². The highest BCUT2D eigenvalue weighted by Crippen LogP contribution is 2.22. The van der Waals surface area contributed by atoms with Gasteiger partial charge in [-0.05, 0) is 25.7 Å². The number of hydrogen-bond acceptors (Lipinski definition) is 4. The van der Waals surface area contributed by atoms with Gasteiger partial charge in [-0.15, -0.1) is 0 Å². The summed E-state index contributed by atoms with van der Waals surface area (Å²) in [6.07, 6.45) is 4.27. The van der Waals surface area contributed by atoms with Crippen LogP contribution in [0, 0.1) is 0 Å². The molecule has 1 saturated heterocycles. The first-order valence-corrected chi connectivity index (χ1v) is 6.41. The zero-order valence-corrected chi connectivity index (χ0v) is 10.4. The highest BCUT2D eigenvalue weighted by atomic mass is 16.5. The fourth-order valence-electron chi connectivity index (χ4n) is 2.28. The predicted molar refractivity (Wildman–Crippen MR) is 63.8 cm³/mol. The van der Waals surface area contributed by atoms with Gasteiger partial charge in [-0.3, -0.25) is 4.79 Å². The second-order valence-electron chi connectivity index (χ2n) is 4.86. The van der Waals surface area contributed by atoms with Crippen molar-refractivity contribution in [2.75, 3.05) is 26.9 Å². The number of rotatable bonds is 5. The quantitative estimate of drug-likeness (QED) is 0.715. The summed E-state index contributed by atoms with van der Waals surface area (Å²) in [5.74, 6) is 0.0952. The zero-order valence-electron chi connectivity index (χ0n) is 10.4. The largest absolute Gasteiger partial charge is 0.381 e. The van der Waals surface area contributed by atoms with Crippen LogP contribution in [0.3, 0.4) is 0 Å². The predicted octanol–water partition coefficient (Wildman–Crippen LogP) is 0.0486. The Morgan fingerprint density at radius 2 is 2.00 bits per heavy atom. The minimum absolute atomic E-state index is 0.0952. The van der Waals surface area contributed by atoms with Crippen LogP contribution in [0.1, 0.15) is 25.7 Å². The maximum absolute atomic E-state index is 11.7. The van der Waals surface area contributed by atoms with Gasteiger partial charge in [-0.2, -0.15) is 0 Å². The molecule has 0 aromatic rings. The van der Waals surface area contributed by atoms with E-state index in [-0.39, 0.29) is 5.91 Å². The van der Waals surface area contributed by atoms with Gasteiger partial charge >= 0.3 is 0 Å². The summed E-state index contributed by atoms with van der Waals surface area (Å²) in [6, 6.07) is 0.742. The summed E-state index contributed by atoms with van der Waals surface area (Å²) >= 11 is 0. The van der Waals surface area contributed by atoms with Gasteiger partial charge in [0.1, 0.15) is 0 Å². The first-order valence-electron chi connectivity index (χ1n) is 6.41. The monoisotopic (exact) mass is 242 g/mol. The number of ether oxygens (including phenoxy) is 2. The molecule has 98 valence electrons. The van der Waals surface area contributed by atoms with Crippen molar-refractivity contribution in [2.45, 2.75) is 43.9 Å². The molecule has 2 N–H and O–H groups in total. The van der Waals surface area contributed by atoms with E-state index >= 15 is 0 Å². The Bertz CT molecular complexity index is 248. The van der Waals surface area contributed by atoms with Gasteiger partial charge < -0.3 is 20.1 Å². The minimum atomic E-state index is 0.0952. The van der Waals surface area contributed by atoms with Crippen LogP contribution in [-0.2, 0) is 14.3 Å². The average molecular weight is 242 g/mol. The van der Waals surface area contributed by atoms with Crippen molar-refractivity contribution >= 4 is 5.91 Å². The summed E-state index contributed by atoms with van der Waals surface area (Å²) in [5, 5.41) is 6.28. The summed E-state index contributed by atoms with van der Waals surface area (Å²) in [4.78, 5) is 11.7. The van der Waals surface area contributed by atoms with Crippen LogP contribution >= 0.6 is 0 Å². The van der Waals surface area contributed by atoms with E-state index in [0.29, 0.717) is 24.7 Å². The molecule has 5 nitrogen and oxygen atoms in total. The smallest absolute Gasteiger partial charge is 0.234 e. The van der Waals surface area contributed by atoms with Crippen molar-refractivity contribution in [3.63, 3.8) is 0 Å². The summed E-state index contributed by atoms with van der Waals surface area (Å²) in [7, 11) is 1.73. The fraction of sp³-hybridized carbons (Fsp3) is 0.917. The maximum atomic E-state index is 11.7. The van der Waals surface area contributed by atoms with Crippen LogP contribution in [0.15, 0.2) is 0 Å². The Morgan fingerprint density at radius 1 is 1.29 bits per heavy atom. The third-order valence-electron chi connectivity index (χ3n) is 3.57. The van der Waals surface area contributed by atoms with E-state index in [4.69, 9.17) is 9.47 Å². The lowest BCUT2D eigenvalue weighted by Crippen LogP contribution is -2.50. The molecule has 2 rings (SSSR count). The Morgan fingerprint density at radius 3 is 2.65 bits per heavy atom. The van der Waals surface area contributed by atoms with Gasteiger partial charge in [0, 0.05) is 32.4 Å². The van der Waals surface area contributed by atoms with E-state index in [1.807, 2.05) is 0 Å². The van der Waals surface area contributed by atoms with Crippen LogP contribution in [0.25, 0.3) is 0 Å². The van der Waals surface area contributed by atoms with Gasteiger partial charge in [0.05, 0.1) is 12.6 Å². The van der Waals surface area contributed by atoms with Crippen LogP contribution in [0.4, 0.5) is 0 Å². The third kappa shape index (κ3) is 3.94. The molecule has 0 atom stereocenters. The zero-order chi connectivity index (χ0) is 12.1. The number of nitrogens with one attached hydrogen (secondary N) is 2. The van der Waals surface area contributed by atoms with Gasteiger partial charge in [-0.25, -0.2) is 0 Å². The number of amides is 1. The minimum Gasteiger partial charge on any atom is -0.381 e. The second kappa shape index (κ2) is 6.33. The summed E-state index contributed by atoms with van der Waals surface area (Å²) in [6.45, 7) is 1.94. The van der Waals surface area contributed by atoms with E-state index in [0.717, 1.165) is 38.9 Å². The molecule has 1 aliphatic heterocycles. The van der Waals surface area contributed by atoms with E-state index in [1.54, 1.807) is 7.11 Å². The number of hydrogen-bond donors (Lipinski definition) is 2. The lowest BCUT2D eigenvalue weighted by atomic mass is 9.89. The van der Waals surface area contributed by atoms with E-state index in [9.17, 15) is 4.79 Å². The Labute approximate surface area is 102 Å². The number of methoxy groups -OCH3 is 1. The highest BCUT2D eigenvalue weighted by molar-refractivity contribution is 5.78. The molecule has 1 heterocycles. The van der Waals surface area contributed by atoms with E-state index in [1.165, 1.54) is 0 Å². The van der Waals surface area contributed by atoms with Crippen LogP contribution in [0.5, 0.6) is 0 Å². The molecule has 0 bridgehead atoms. The Hall–Kier alpha value is -0.650. The summed E-state index contributed by atoms with van der Waals surface area (Å²) < 4.78 is 10.4. The molecule has 0 aromatic carbocycles. The molecule has 2 fully saturated rings. The SMILES string of the molecule is COC1CC(NCC(=O)NC2CCOCC2)C1. The number of carbonyl (C=O) groups is 1.